The summed E-state index contributed by atoms with van der Waals surface area (Å²) < 4.78 is 12.3. The lowest BCUT2D eigenvalue weighted by atomic mass is 9.93. The van der Waals surface area contributed by atoms with Gasteiger partial charge in [0.15, 0.2) is 0 Å². The fourth-order valence-electron chi connectivity index (χ4n) is 4.49. The van der Waals surface area contributed by atoms with Gasteiger partial charge in [-0.05, 0) is 67.2 Å². The first kappa shape index (κ1) is 26.3. The minimum Gasteiger partial charge on any atom is -0.544 e. The summed E-state index contributed by atoms with van der Waals surface area (Å²) in [5, 5.41) is 1.86. The maximum atomic E-state index is 14.3. The topological polar surface area (TPSA) is 51.2 Å². The number of amides is 1. The number of carbonyl (C=O) groups is 1. The molecule has 2 heterocycles. The molecule has 0 aliphatic carbocycles. The zero-order valence-corrected chi connectivity index (χ0v) is 23.5. The van der Waals surface area contributed by atoms with Crippen LogP contribution in [0.3, 0.4) is 0 Å². The van der Waals surface area contributed by atoms with Gasteiger partial charge in [0.1, 0.15) is 24.2 Å². The normalized spacial score (nSPS) is 19.3. The van der Waals surface area contributed by atoms with Crippen LogP contribution in [0, 0.1) is 0 Å². The zero-order chi connectivity index (χ0) is 25.9. The largest absolute Gasteiger partial charge is 0.544 e. The van der Waals surface area contributed by atoms with Gasteiger partial charge in [0.25, 0.3) is 5.91 Å². The molecule has 0 saturated carbocycles. The molecule has 7 heteroatoms. The minimum atomic E-state index is -2.22. The lowest BCUT2D eigenvalue weighted by Crippen LogP contribution is -2.47. The van der Waals surface area contributed by atoms with Gasteiger partial charge in [-0.15, -0.1) is 0 Å². The molecular formula is C29H40N2O4Si. The van der Waals surface area contributed by atoms with Crippen molar-refractivity contribution in [2.24, 2.45) is 0 Å². The summed E-state index contributed by atoms with van der Waals surface area (Å²) in [6, 6.07) is 17.4. The summed E-state index contributed by atoms with van der Waals surface area (Å²) in [6.45, 7) is 12.9. The van der Waals surface area contributed by atoms with Crippen molar-refractivity contribution in [1.29, 1.82) is 0 Å². The number of hydroxylamine groups is 1. The van der Waals surface area contributed by atoms with Crippen LogP contribution in [0.4, 0.5) is 5.69 Å². The van der Waals surface area contributed by atoms with E-state index in [9.17, 15) is 4.79 Å². The number of benzene rings is 2. The van der Waals surface area contributed by atoms with Crippen LogP contribution >= 0.6 is 0 Å². The van der Waals surface area contributed by atoms with Crippen LogP contribution in [-0.4, -0.2) is 45.9 Å². The smallest absolute Gasteiger partial charge is 0.255 e. The van der Waals surface area contributed by atoms with Gasteiger partial charge in [-0.2, -0.15) is 0 Å². The molecule has 36 heavy (non-hydrogen) atoms. The Bertz CT molecular complexity index is 1070. The van der Waals surface area contributed by atoms with Crippen molar-refractivity contribution in [3.8, 4) is 5.75 Å². The Kier molecular flexibility index (Phi) is 7.81. The van der Waals surface area contributed by atoms with Crippen LogP contribution in [0.25, 0.3) is 0 Å². The maximum Gasteiger partial charge on any atom is 0.255 e. The molecule has 1 amide bonds. The Hall–Kier alpha value is -2.77. The van der Waals surface area contributed by atoms with Gasteiger partial charge in [-0.3, -0.25) is 9.63 Å². The van der Waals surface area contributed by atoms with Crippen molar-refractivity contribution in [3.63, 3.8) is 0 Å². The lowest BCUT2D eigenvalue weighted by molar-refractivity contribution is -0.129. The van der Waals surface area contributed by atoms with Gasteiger partial charge < -0.3 is 14.1 Å². The molecule has 0 N–H and O–H groups in total. The fraction of sp³-hybridized carbons (Fsp3) is 0.483. The van der Waals surface area contributed by atoms with Crippen LogP contribution < -0.4 is 9.80 Å². The van der Waals surface area contributed by atoms with E-state index in [0.29, 0.717) is 11.3 Å². The fourth-order valence-corrected chi connectivity index (χ4v) is 5.58. The summed E-state index contributed by atoms with van der Waals surface area (Å²) in [4.78, 5) is 22.7. The van der Waals surface area contributed by atoms with Crippen molar-refractivity contribution in [2.75, 3.05) is 31.9 Å². The molecule has 0 aromatic heterocycles. The number of nitrogens with zero attached hydrogens (tertiary/aromatic N) is 2. The number of likely N-dealkylation sites (tertiary alicyclic amines) is 1. The Labute approximate surface area is 216 Å². The maximum absolute atomic E-state index is 14.3. The average Bonchev–Trinajstić information content (AvgIpc) is 2.88. The predicted octanol–water partition coefficient (Wildman–Crippen LogP) is 6.48. The molecular weight excluding hydrogens is 468 g/mol. The summed E-state index contributed by atoms with van der Waals surface area (Å²) in [7, 11) is -0.565. The van der Waals surface area contributed by atoms with Crippen LogP contribution in [0.15, 0.2) is 65.9 Å². The van der Waals surface area contributed by atoms with E-state index < -0.39 is 14.4 Å². The Balaban J connectivity index is 1.88. The summed E-state index contributed by atoms with van der Waals surface area (Å²) >= 11 is 0. The lowest BCUT2D eigenvalue weighted by Gasteiger charge is -2.44. The minimum absolute atomic E-state index is 0.00848. The molecule has 2 aromatic rings. The first-order valence-corrected chi connectivity index (χ1v) is 15.9. The van der Waals surface area contributed by atoms with Crippen molar-refractivity contribution in [3.05, 3.63) is 71.5 Å². The number of hydrogen-bond acceptors (Lipinski definition) is 5. The highest BCUT2D eigenvalue weighted by Crippen LogP contribution is 2.44. The number of anilines is 1. The third-order valence-corrected chi connectivity index (χ3v) is 12.0. The Morgan fingerprint density at radius 2 is 1.61 bits per heavy atom. The number of methoxy groups -OCH3 is 1. The van der Waals surface area contributed by atoms with Gasteiger partial charge in [0, 0.05) is 13.1 Å². The third-order valence-electron chi connectivity index (χ3n) is 7.64. The van der Waals surface area contributed by atoms with Crippen molar-refractivity contribution in [1.82, 2.24) is 4.90 Å². The van der Waals surface area contributed by atoms with E-state index in [2.05, 4.69) is 33.9 Å². The SMILES string of the molecule is COc1ccc(C2C(C(=O)N3CCCCC3)=C(O[Si](C)(C)C(C)(C)C)CON2c2ccccc2)cc1. The summed E-state index contributed by atoms with van der Waals surface area (Å²) in [6.07, 6.45) is 3.23. The number of piperidine rings is 1. The number of para-hydroxylation sites is 1. The third kappa shape index (κ3) is 5.47. The van der Waals surface area contributed by atoms with Gasteiger partial charge in [-0.1, -0.05) is 51.1 Å². The highest BCUT2D eigenvalue weighted by Gasteiger charge is 2.44. The molecule has 6 nitrogen and oxygen atoms in total. The van der Waals surface area contributed by atoms with Gasteiger partial charge in [0.2, 0.25) is 8.32 Å². The molecule has 0 bridgehead atoms. The number of ether oxygens (including phenoxy) is 1. The molecule has 1 unspecified atom stereocenters. The van der Waals surface area contributed by atoms with Crippen molar-refractivity contribution >= 4 is 19.9 Å². The van der Waals surface area contributed by atoms with E-state index >= 15 is 0 Å². The monoisotopic (exact) mass is 508 g/mol. The number of hydrogen-bond donors (Lipinski definition) is 0. The molecule has 4 rings (SSSR count). The predicted molar refractivity (Wildman–Crippen MR) is 146 cm³/mol. The Morgan fingerprint density at radius 1 is 0.972 bits per heavy atom. The van der Waals surface area contributed by atoms with Crippen LogP contribution in [0.2, 0.25) is 18.1 Å². The van der Waals surface area contributed by atoms with Crippen LogP contribution in [0.5, 0.6) is 5.75 Å². The number of rotatable bonds is 6. The molecule has 1 fully saturated rings. The van der Waals surface area contributed by atoms with Gasteiger partial charge >= 0.3 is 0 Å². The molecule has 2 aromatic carbocycles. The second-order valence-electron chi connectivity index (χ2n) is 11.2. The average molecular weight is 509 g/mol. The first-order chi connectivity index (χ1) is 17.1. The zero-order valence-electron chi connectivity index (χ0n) is 22.5. The highest BCUT2D eigenvalue weighted by atomic mass is 28.4. The van der Waals surface area contributed by atoms with Crippen LogP contribution in [0.1, 0.15) is 51.6 Å². The van der Waals surface area contributed by atoms with E-state index in [1.54, 1.807) is 7.11 Å². The van der Waals surface area contributed by atoms with Crippen molar-refractivity contribution in [2.45, 2.75) is 64.2 Å². The van der Waals surface area contributed by atoms with Crippen molar-refractivity contribution < 1.29 is 18.8 Å². The Morgan fingerprint density at radius 3 is 2.19 bits per heavy atom. The van der Waals surface area contributed by atoms with Crippen LogP contribution in [-0.2, 0) is 14.1 Å². The molecule has 1 atom stereocenters. The second-order valence-corrected chi connectivity index (χ2v) is 15.9. The molecule has 0 radical (unpaired) electrons. The highest BCUT2D eigenvalue weighted by molar-refractivity contribution is 6.74. The van der Waals surface area contributed by atoms with E-state index in [0.717, 1.165) is 49.4 Å². The standard InChI is InChI=1S/C29H40N2O4Si/c1-29(2,3)36(5,6)35-25-21-34-31(23-13-9-7-10-14-23)27(22-15-17-24(33-4)18-16-22)26(25)28(32)30-19-11-8-12-20-30/h7,9-10,13-18,27H,8,11-12,19-21H2,1-6H3. The van der Waals surface area contributed by atoms with E-state index in [1.807, 2.05) is 64.6 Å². The molecule has 0 spiro atoms. The van der Waals surface area contributed by atoms with E-state index in [4.69, 9.17) is 14.0 Å². The molecule has 1 saturated heterocycles. The van der Waals surface area contributed by atoms with Gasteiger partial charge in [0.05, 0.1) is 18.4 Å². The molecule has 2 aliphatic heterocycles. The molecule has 194 valence electrons. The quantitative estimate of drug-likeness (QED) is 0.418. The van der Waals surface area contributed by atoms with E-state index in [1.165, 1.54) is 0 Å². The summed E-state index contributed by atoms with van der Waals surface area (Å²) in [5.41, 5.74) is 2.53. The van der Waals surface area contributed by atoms with Gasteiger partial charge in [-0.25, -0.2) is 5.06 Å². The van der Waals surface area contributed by atoms with E-state index in [-0.39, 0.29) is 17.6 Å². The summed E-state index contributed by atoms with van der Waals surface area (Å²) in [5.74, 6) is 1.49. The number of carbonyl (C=O) groups excluding carboxylic acids is 1. The second kappa shape index (κ2) is 10.7. The first-order valence-electron chi connectivity index (χ1n) is 12.9. The molecule has 2 aliphatic rings.